The van der Waals surface area contributed by atoms with Crippen LogP contribution in [-0.2, 0) is 11.4 Å². The molecule has 0 bridgehead atoms. The van der Waals surface area contributed by atoms with E-state index in [0.29, 0.717) is 17.9 Å². The lowest BCUT2D eigenvalue weighted by Gasteiger charge is -2.18. The number of carbonyl (C=O) groups is 2. The largest absolute Gasteiger partial charge is 0.488 e. The van der Waals surface area contributed by atoms with Gasteiger partial charge in [0.05, 0.1) is 0 Å². The van der Waals surface area contributed by atoms with Gasteiger partial charge in [0, 0.05) is 10.4 Å². The van der Waals surface area contributed by atoms with Gasteiger partial charge in [0.15, 0.2) is 0 Å². The summed E-state index contributed by atoms with van der Waals surface area (Å²) in [6, 6.07) is 9.73. The summed E-state index contributed by atoms with van der Waals surface area (Å²) in [6.45, 7) is 3.94. The highest BCUT2D eigenvalue weighted by Crippen LogP contribution is 2.17. The zero-order valence-electron chi connectivity index (χ0n) is 13.0. The number of thiophene rings is 1. The average molecular weight is 333 g/mol. The first-order chi connectivity index (χ1) is 11.0. The Morgan fingerprint density at radius 1 is 1.26 bits per heavy atom. The zero-order chi connectivity index (χ0) is 16.8. The summed E-state index contributed by atoms with van der Waals surface area (Å²) in [7, 11) is 0. The minimum Gasteiger partial charge on any atom is -0.488 e. The Bertz CT molecular complexity index is 667. The summed E-state index contributed by atoms with van der Waals surface area (Å²) in [5.74, 6) is -1.09. The molecule has 23 heavy (non-hydrogen) atoms. The maximum Gasteiger partial charge on any atom is 0.326 e. The van der Waals surface area contributed by atoms with E-state index >= 15 is 0 Å². The molecule has 1 heterocycles. The number of amides is 1. The molecule has 0 fully saturated rings. The molecule has 0 aliphatic rings. The van der Waals surface area contributed by atoms with Crippen molar-refractivity contribution >= 4 is 23.2 Å². The number of hydrogen-bond acceptors (Lipinski definition) is 4. The van der Waals surface area contributed by atoms with Crippen LogP contribution in [0.25, 0.3) is 0 Å². The van der Waals surface area contributed by atoms with Crippen LogP contribution in [0.5, 0.6) is 5.75 Å². The van der Waals surface area contributed by atoms with Crippen LogP contribution >= 0.6 is 11.3 Å². The standard InChI is InChI=1S/C17H19NO4S/c1-11(2)15(17(20)21)18-16(19)12-5-3-6-13(9-12)22-10-14-7-4-8-23-14/h3-9,11,15H,10H2,1-2H3,(H,18,19)(H,20,21)/t15-/m1/s1. The molecule has 1 aromatic heterocycles. The number of carboxylic acid groups (broad SMARTS) is 1. The summed E-state index contributed by atoms with van der Waals surface area (Å²) in [5, 5.41) is 13.7. The molecule has 1 amide bonds. The summed E-state index contributed by atoms with van der Waals surface area (Å²) < 4.78 is 5.66. The van der Waals surface area contributed by atoms with Crippen molar-refractivity contribution in [2.24, 2.45) is 5.92 Å². The van der Waals surface area contributed by atoms with Crippen LogP contribution in [0, 0.1) is 5.92 Å². The second kappa shape index (κ2) is 7.78. The average Bonchev–Trinajstić information content (AvgIpc) is 3.03. The third-order valence-corrected chi connectivity index (χ3v) is 4.13. The predicted octanol–water partition coefficient (Wildman–Crippen LogP) is 3.17. The van der Waals surface area contributed by atoms with Gasteiger partial charge in [0.2, 0.25) is 0 Å². The lowest BCUT2D eigenvalue weighted by molar-refractivity contribution is -0.140. The van der Waals surface area contributed by atoms with Gasteiger partial charge in [-0.15, -0.1) is 11.3 Å². The molecule has 2 rings (SSSR count). The first-order valence-corrected chi connectivity index (χ1v) is 8.14. The molecule has 0 aliphatic heterocycles. The molecule has 2 N–H and O–H groups in total. The maximum atomic E-state index is 12.2. The second-order valence-electron chi connectivity index (χ2n) is 5.43. The molecule has 0 unspecified atom stereocenters. The smallest absolute Gasteiger partial charge is 0.326 e. The Hall–Kier alpha value is -2.34. The fraction of sp³-hybridized carbons (Fsp3) is 0.294. The monoisotopic (exact) mass is 333 g/mol. The van der Waals surface area contributed by atoms with Crippen LogP contribution in [0.15, 0.2) is 41.8 Å². The minimum atomic E-state index is -1.04. The minimum absolute atomic E-state index is 0.199. The molecule has 6 heteroatoms. The zero-order valence-corrected chi connectivity index (χ0v) is 13.8. The normalized spacial score (nSPS) is 12.0. The van der Waals surface area contributed by atoms with E-state index in [9.17, 15) is 9.59 Å². The van der Waals surface area contributed by atoms with E-state index in [4.69, 9.17) is 9.84 Å². The van der Waals surface area contributed by atoms with Crippen molar-refractivity contribution in [3.05, 3.63) is 52.2 Å². The first-order valence-electron chi connectivity index (χ1n) is 7.26. The predicted molar refractivity (Wildman–Crippen MR) is 88.8 cm³/mol. The highest BCUT2D eigenvalue weighted by Gasteiger charge is 2.24. The van der Waals surface area contributed by atoms with E-state index in [1.807, 2.05) is 17.5 Å². The van der Waals surface area contributed by atoms with Crippen molar-refractivity contribution in [3.63, 3.8) is 0 Å². The first kappa shape index (κ1) is 17.0. The maximum absolute atomic E-state index is 12.2. The van der Waals surface area contributed by atoms with Crippen molar-refractivity contribution in [3.8, 4) is 5.75 Å². The fourth-order valence-electron chi connectivity index (χ4n) is 2.01. The SMILES string of the molecule is CC(C)[C@@H](NC(=O)c1cccc(OCc2cccs2)c1)C(=O)O. The molecule has 0 aliphatic carbocycles. The Morgan fingerprint density at radius 3 is 2.65 bits per heavy atom. The van der Waals surface area contributed by atoms with Crippen LogP contribution in [0.2, 0.25) is 0 Å². The molecule has 1 aromatic carbocycles. The third kappa shape index (κ3) is 4.82. The van der Waals surface area contributed by atoms with E-state index < -0.39 is 17.9 Å². The highest BCUT2D eigenvalue weighted by atomic mass is 32.1. The Labute approximate surface area is 138 Å². The molecule has 0 spiro atoms. The quantitative estimate of drug-likeness (QED) is 0.816. The Kier molecular flexibility index (Phi) is 5.76. The van der Waals surface area contributed by atoms with Crippen LogP contribution in [0.3, 0.4) is 0 Å². The second-order valence-corrected chi connectivity index (χ2v) is 6.46. The molecule has 0 saturated heterocycles. The summed E-state index contributed by atoms with van der Waals surface area (Å²) in [4.78, 5) is 24.5. The number of ether oxygens (including phenoxy) is 1. The van der Waals surface area contributed by atoms with Crippen molar-refractivity contribution in [2.45, 2.75) is 26.5 Å². The molecular formula is C17H19NO4S. The van der Waals surface area contributed by atoms with E-state index in [1.54, 1.807) is 49.4 Å². The topological polar surface area (TPSA) is 75.6 Å². The van der Waals surface area contributed by atoms with Crippen molar-refractivity contribution < 1.29 is 19.4 Å². The number of hydrogen-bond donors (Lipinski definition) is 2. The Morgan fingerprint density at radius 2 is 2.04 bits per heavy atom. The lowest BCUT2D eigenvalue weighted by atomic mass is 10.0. The third-order valence-electron chi connectivity index (χ3n) is 3.28. The van der Waals surface area contributed by atoms with Crippen LogP contribution in [0.4, 0.5) is 0 Å². The Balaban J connectivity index is 2.03. The summed E-state index contributed by atoms with van der Waals surface area (Å²) in [5.41, 5.74) is 0.376. The van der Waals surface area contributed by atoms with Gasteiger partial charge in [-0.3, -0.25) is 4.79 Å². The lowest BCUT2D eigenvalue weighted by Crippen LogP contribution is -2.44. The van der Waals surface area contributed by atoms with Gasteiger partial charge in [-0.05, 0) is 35.6 Å². The van der Waals surface area contributed by atoms with E-state index in [1.165, 1.54) is 0 Å². The van der Waals surface area contributed by atoms with E-state index in [-0.39, 0.29) is 5.92 Å². The van der Waals surface area contributed by atoms with Gasteiger partial charge in [-0.1, -0.05) is 26.0 Å². The fourth-order valence-corrected chi connectivity index (χ4v) is 2.63. The summed E-state index contributed by atoms with van der Waals surface area (Å²) >= 11 is 1.60. The van der Waals surface area contributed by atoms with Gasteiger partial charge >= 0.3 is 5.97 Å². The molecule has 1 atom stereocenters. The number of aliphatic carboxylic acids is 1. The highest BCUT2D eigenvalue weighted by molar-refractivity contribution is 7.09. The van der Waals surface area contributed by atoms with Gasteiger partial charge in [-0.2, -0.15) is 0 Å². The molecule has 0 saturated carbocycles. The molecule has 0 radical (unpaired) electrons. The number of nitrogens with one attached hydrogen (secondary N) is 1. The van der Waals surface area contributed by atoms with Crippen molar-refractivity contribution in [1.29, 1.82) is 0 Å². The van der Waals surface area contributed by atoms with Crippen LogP contribution in [-0.4, -0.2) is 23.0 Å². The van der Waals surface area contributed by atoms with Crippen LogP contribution < -0.4 is 10.1 Å². The van der Waals surface area contributed by atoms with Gasteiger partial charge in [-0.25, -0.2) is 4.79 Å². The molecule has 122 valence electrons. The van der Waals surface area contributed by atoms with Crippen molar-refractivity contribution in [1.82, 2.24) is 5.32 Å². The molecular weight excluding hydrogens is 314 g/mol. The van der Waals surface area contributed by atoms with Gasteiger partial charge in [0.1, 0.15) is 18.4 Å². The van der Waals surface area contributed by atoms with Crippen LogP contribution in [0.1, 0.15) is 29.1 Å². The molecule has 5 nitrogen and oxygen atoms in total. The molecule has 2 aromatic rings. The number of rotatable bonds is 7. The van der Waals surface area contributed by atoms with Gasteiger partial charge in [0.25, 0.3) is 5.91 Å². The number of carbonyl (C=O) groups excluding carboxylic acids is 1. The van der Waals surface area contributed by atoms with E-state index in [2.05, 4.69) is 5.32 Å². The van der Waals surface area contributed by atoms with Crippen molar-refractivity contribution in [2.75, 3.05) is 0 Å². The number of benzene rings is 1. The summed E-state index contributed by atoms with van der Waals surface area (Å²) in [6.07, 6.45) is 0. The van der Waals surface area contributed by atoms with Gasteiger partial charge < -0.3 is 15.2 Å². The van der Waals surface area contributed by atoms with E-state index in [0.717, 1.165) is 4.88 Å². The number of carboxylic acids is 1.